The SMILES string of the molecule is COc1cc([C@H]2c3ccc(O)cc3CC[C@H]2c2ccccc2)c(F)cc1N1CCC(C=O)CC1. The molecule has 2 atom stereocenters. The summed E-state index contributed by atoms with van der Waals surface area (Å²) >= 11 is 0. The molecule has 0 amide bonds. The first-order valence-corrected chi connectivity index (χ1v) is 12.0. The molecule has 0 unspecified atom stereocenters. The van der Waals surface area contributed by atoms with Gasteiger partial charge in [0.2, 0.25) is 0 Å². The number of carbonyl (C=O) groups is 1. The van der Waals surface area contributed by atoms with Crippen molar-refractivity contribution in [3.63, 3.8) is 0 Å². The summed E-state index contributed by atoms with van der Waals surface area (Å²) in [5, 5.41) is 10.1. The van der Waals surface area contributed by atoms with Gasteiger partial charge in [0.05, 0.1) is 12.8 Å². The standard InChI is InChI=1S/C29H30FNO3/c1-34-28-16-25(26(30)17-27(28)31-13-11-19(18-32)12-14-31)29-23(20-5-3-2-4-6-20)9-7-21-15-22(33)8-10-24(21)29/h2-6,8,10,15-19,23,29,33H,7,9,11-14H2,1H3/t23-,29+/m0/s1. The number of aryl methyl sites for hydroxylation is 1. The number of aldehydes is 1. The van der Waals surface area contributed by atoms with Gasteiger partial charge in [-0.3, -0.25) is 0 Å². The van der Waals surface area contributed by atoms with Gasteiger partial charge in [0, 0.05) is 31.0 Å². The summed E-state index contributed by atoms with van der Waals surface area (Å²) in [6.45, 7) is 1.41. The van der Waals surface area contributed by atoms with Gasteiger partial charge < -0.3 is 19.5 Å². The van der Waals surface area contributed by atoms with Crippen LogP contribution in [0.5, 0.6) is 11.5 Å². The summed E-state index contributed by atoms with van der Waals surface area (Å²) < 4.78 is 21.7. The highest BCUT2D eigenvalue weighted by Gasteiger charge is 2.35. The fraction of sp³-hybridized carbons (Fsp3) is 0.345. The quantitative estimate of drug-likeness (QED) is 0.489. The van der Waals surface area contributed by atoms with Gasteiger partial charge in [-0.2, -0.15) is 0 Å². The Labute approximate surface area is 200 Å². The highest BCUT2D eigenvalue weighted by Crippen LogP contribution is 2.49. The Hall–Kier alpha value is -3.34. The number of methoxy groups -OCH3 is 1. The van der Waals surface area contributed by atoms with E-state index in [2.05, 4.69) is 17.0 Å². The number of nitrogens with zero attached hydrogens (tertiary/aromatic N) is 1. The number of hydrogen-bond donors (Lipinski definition) is 1. The number of hydrogen-bond acceptors (Lipinski definition) is 4. The number of phenols is 1. The second-order valence-electron chi connectivity index (χ2n) is 9.42. The van der Waals surface area contributed by atoms with E-state index in [0.29, 0.717) is 24.4 Å². The summed E-state index contributed by atoms with van der Waals surface area (Å²) in [4.78, 5) is 13.3. The van der Waals surface area contributed by atoms with Crippen LogP contribution in [0.2, 0.25) is 0 Å². The number of fused-ring (bicyclic) bond motifs is 1. The van der Waals surface area contributed by atoms with E-state index in [1.807, 2.05) is 36.4 Å². The molecule has 0 bridgehead atoms. The van der Waals surface area contributed by atoms with Gasteiger partial charge in [0.25, 0.3) is 0 Å². The number of carbonyl (C=O) groups excluding carboxylic acids is 1. The van der Waals surface area contributed by atoms with Crippen molar-refractivity contribution in [2.75, 3.05) is 25.1 Å². The van der Waals surface area contributed by atoms with Gasteiger partial charge in [-0.05, 0) is 72.1 Å². The number of halogens is 1. The Balaban J connectivity index is 1.59. The average molecular weight is 460 g/mol. The van der Waals surface area contributed by atoms with Crippen LogP contribution in [0.3, 0.4) is 0 Å². The second kappa shape index (κ2) is 9.49. The third-order valence-corrected chi connectivity index (χ3v) is 7.52. The Morgan fingerprint density at radius 3 is 2.47 bits per heavy atom. The van der Waals surface area contributed by atoms with Gasteiger partial charge in [-0.1, -0.05) is 36.4 Å². The topological polar surface area (TPSA) is 49.8 Å². The molecule has 34 heavy (non-hydrogen) atoms. The fourth-order valence-corrected chi connectivity index (χ4v) is 5.73. The lowest BCUT2D eigenvalue weighted by Crippen LogP contribution is -2.34. The molecule has 1 heterocycles. The molecule has 1 aliphatic carbocycles. The maximum absolute atomic E-state index is 15.9. The molecule has 0 saturated carbocycles. The Morgan fingerprint density at radius 2 is 1.76 bits per heavy atom. The first kappa shape index (κ1) is 22.5. The highest BCUT2D eigenvalue weighted by atomic mass is 19.1. The molecule has 3 aromatic rings. The van der Waals surface area contributed by atoms with Gasteiger partial charge >= 0.3 is 0 Å². The van der Waals surface area contributed by atoms with Gasteiger partial charge in [-0.15, -0.1) is 0 Å². The van der Waals surface area contributed by atoms with E-state index < -0.39 is 0 Å². The van der Waals surface area contributed by atoms with E-state index in [-0.39, 0.29) is 29.3 Å². The van der Waals surface area contributed by atoms with E-state index in [0.717, 1.165) is 48.8 Å². The van der Waals surface area contributed by atoms with Crippen molar-refractivity contribution in [1.82, 2.24) is 0 Å². The van der Waals surface area contributed by atoms with Crippen LogP contribution in [0.15, 0.2) is 60.7 Å². The van der Waals surface area contributed by atoms with Crippen molar-refractivity contribution in [3.8, 4) is 11.5 Å². The predicted molar refractivity (Wildman–Crippen MR) is 131 cm³/mol. The van der Waals surface area contributed by atoms with Gasteiger partial charge in [0.15, 0.2) is 0 Å². The van der Waals surface area contributed by atoms with Crippen molar-refractivity contribution >= 4 is 12.0 Å². The predicted octanol–water partition coefficient (Wildman–Crippen LogP) is 5.82. The number of benzene rings is 3. The molecular formula is C29H30FNO3. The van der Waals surface area contributed by atoms with Crippen LogP contribution in [-0.4, -0.2) is 31.6 Å². The molecule has 1 aliphatic heterocycles. The third-order valence-electron chi connectivity index (χ3n) is 7.52. The number of aromatic hydroxyl groups is 1. The smallest absolute Gasteiger partial charge is 0.142 e. The maximum Gasteiger partial charge on any atom is 0.142 e. The van der Waals surface area contributed by atoms with Crippen LogP contribution < -0.4 is 9.64 Å². The van der Waals surface area contributed by atoms with Crippen molar-refractivity contribution in [2.24, 2.45) is 5.92 Å². The largest absolute Gasteiger partial charge is 0.508 e. The molecule has 4 nitrogen and oxygen atoms in total. The number of phenolic OH excluding ortho intramolecular Hbond substituents is 1. The van der Waals surface area contributed by atoms with Gasteiger partial charge in [-0.25, -0.2) is 4.39 Å². The zero-order valence-electron chi connectivity index (χ0n) is 19.4. The molecule has 5 heteroatoms. The monoisotopic (exact) mass is 459 g/mol. The minimum Gasteiger partial charge on any atom is -0.508 e. The van der Waals surface area contributed by atoms with E-state index in [1.54, 1.807) is 19.2 Å². The van der Waals surface area contributed by atoms with E-state index in [1.165, 1.54) is 5.56 Å². The minimum atomic E-state index is -0.250. The lowest BCUT2D eigenvalue weighted by Gasteiger charge is -2.36. The Kier molecular flexibility index (Phi) is 6.27. The van der Waals surface area contributed by atoms with Crippen LogP contribution in [0.1, 0.15) is 53.4 Å². The van der Waals surface area contributed by atoms with Crippen LogP contribution >= 0.6 is 0 Å². The van der Waals surface area contributed by atoms with Crippen LogP contribution in [-0.2, 0) is 11.2 Å². The Morgan fingerprint density at radius 1 is 1.00 bits per heavy atom. The van der Waals surface area contributed by atoms with E-state index >= 15 is 4.39 Å². The van der Waals surface area contributed by atoms with Crippen molar-refractivity contribution in [2.45, 2.75) is 37.5 Å². The third kappa shape index (κ3) is 4.15. The van der Waals surface area contributed by atoms with Crippen molar-refractivity contribution in [1.29, 1.82) is 0 Å². The molecule has 0 spiro atoms. The van der Waals surface area contributed by atoms with E-state index in [9.17, 15) is 9.90 Å². The molecule has 1 saturated heterocycles. The second-order valence-corrected chi connectivity index (χ2v) is 9.42. The van der Waals surface area contributed by atoms with E-state index in [4.69, 9.17) is 4.74 Å². The first-order valence-electron chi connectivity index (χ1n) is 12.0. The molecule has 3 aromatic carbocycles. The number of ether oxygens (including phenoxy) is 1. The zero-order chi connectivity index (χ0) is 23.7. The normalized spacial score (nSPS) is 20.6. The first-order chi connectivity index (χ1) is 16.6. The minimum absolute atomic E-state index is 0.0770. The van der Waals surface area contributed by atoms with Gasteiger partial charge in [0.1, 0.15) is 23.6 Å². The number of piperidine rings is 1. The lowest BCUT2D eigenvalue weighted by molar-refractivity contribution is -0.111. The van der Waals surface area contributed by atoms with Crippen molar-refractivity contribution < 1.29 is 19.0 Å². The maximum atomic E-state index is 15.9. The van der Waals surface area contributed by atoms with Crippen LogP contribution in [0.4, 0.5) is 10.1 Å². The molecule has 0 aromatic heterocycles. The summed E-state index contributed by atoms with van der Waals surface area (Å²) in [6.07, 6.45) is 4.27. The summed E-state index contributed by atoms with van der Waals surface area (Å²) in [5.41, 5.74) is 4.66. The lowest BCUT2D eigenvalue weighted by atomic mass is 9.69. The van der Waals surface area contributed by atoms with Crippen LogP contribution in [0.25, 0.3) is 0 Å². The molecule has 1 fully saturated rings. The highest BCUT2D eigenvalue weighted by molar-refractivity contribution is 5.63. The molecule has 176 valence electrons. The summed E-state index contributed by atoms with van der Waals surface area (Å²) in [6, 6.07) is 19.2. The summed E-state index contributed by atoms with van der Waals surface area (Å²) in [5.74, 6) is 0.650. The summed E-state index contributed by atoms with van der Waals surface area (Å²) in [7, 11) is 1.63. The Bertz CT molecular complexity index is 1170. The van der Waals surface area contributed by atoms with Crippen molar-refractivity contribution in [3.05, 3.63) is 88.7 Å². The number of rotatable bonds is 5. The average Bonchev–Trinajstić information content (AvgIpc) is 2.88. The van der Waals surface area contributed by atoms with Crippen LogP contribution in [0, 0.1) is 11.7 Å². The zero-order valence-corrected chi connectivity index (χ0v) is 19.4. The molecule has 5 rings (SSSR count). The molecule has 1 N–H and O–H groups in total. The fourth-order valence-electron chi connectivity index (χ4n) is 5.73. The molecule has 2 aliphatic rings. The number of anilines is 1. The molecule has 0 radical (unpaired) electrons. The molecular weight excluding hydrogens is 429 g/mol.